The van der Waals surface area contributed by atoms with E-state index in [1.807, 2.05) is 11.8 Å². The fourth-order valence-corrected chi connectivity index (χ4v) is 6.37. The van der Waals surface area contributed by atoms with Gasteiger partial charge in [0.25, 0.3) is 0 Å². The number of rotatable bonds is 4. The van der Waals surface area contributed by atoms with Gasteiger partial charge in [-0.25, -0.2) is 0 Å². The minimum Gasteiger partial charge on any atom is -0.315 e. The van der Waals surface area contributed by atoms with Gasteiger partial charge in [0.2, 0.25) is 0 Å². The largest absolute Gasteiger partial charge is 0.315 e. The molecule has 3 rings (SSSR count). The van der Waals surface area contributed by atoms with Crippen molar-refractivity contribution in [2.24, 2.45) is 0 Å². The van der Waals surface area contributed by atoms with Crippen molar-refractivity contribution in [2.75, 3.05) is 36.1 Å². The van der Waals surface area contributed by atoms with Crippen LogP contribution in [-0.4, -0.2) is 41.4 Å². The average Bonchev–Trinajstić information content (AvgIpc) is 2.84. The molecule has 0 radical (unpaired) electrons. The van der Waals surface area contributed by atoms with Crippen molar-refractivity contribution < 1.29 is 0 Å². The third kappa shape index (κ3) is 3.21. The van der Waals surface area contributed by atoms with Crippen molar-refractivity contribution in [3.8, 4) is 0 Å². The highest BCUT2D eigenvalue weighted by molar-refractivity contribution is 8.06. The molecule has 0 bridgehead atoms. The molecule has 2 atom stereocenters. The molecule has 0 aromatic heterocycles. The standard InChI is InChI=1S/C14H19NS3/c1-2-4-14-13(3-1)11(9-18-14)7-15-8-12-10-16-5-6-17-12/h1-4,11-12,15H,5-10H2. The monoisotopic (exact) mass is 297 g/mol. The fourth-order valence-electron chi connectivity index (χ4n) is 2.47. The van der Waals surface area contributed by atoms with Crippen LogP contribution in [0.1, 0.15) is 11.5 Å². The molecule has 0 spiro atoms. The van der Waals surface area contributed by atoms with E-state index in [1.54, 1.807) is 5.56 Å². The number of nitrogens with one attached hydrogen (secondary N) is 1. The van der Waals surface area contributed by atoms with E-state index in [4.69, 9.17) is 0 Å². The van der Waals surface area contributed by atoms with Gasteiger partial charge in [-0.2, -0.15) is 23.5 Å². The summed E-state index contributed by atoms with van der Waals surface area (Å²) in [7, 11) is 0. The van der Waals surface area contributed by atoms with Crippen LogP contribution < -0.4 is 5.32 Å². The Morgan fingerprint density at radius 3 is 2.94 bits per heavy atom. The normalized spacial score (nSPS) is 27.1. The molecule has 2 aliphatic heterocycles. The van der Waals surface area contributed by atoms with E-state index >= 15 is 0 Å². The molecule has 1 nitrogen and oxygen atoms in total. The highest BCUT2D eigenvalue weighted by Gasteiger charge is 2.22. The summed E-state index contributed by atoms with van der Waals surface area (Å²) < 4.78 is 0. The van der Waals surface area contributed by atoms with Gasteiger partial charge in [-0.3, -0.25) is 0 Å². The Morgan fingerprint density at radius 2 is 2.06 bits per heavy atom. The Labute approximate surface area is 122 Å². The van der Waals surface area contributed by atoms with E-state index in [2.05, 4.69) is 53.1 Å². The SMILES string of the molecule is c1ccc2c(c1)SCC2CNCC1CSCCS1. The van der Waals surface area contributed by atoms with Gasteiger partial charge in [0.1, 0.15) is 0 Å². The second-order valence-electron chi connectivity index (χ2n) is 4.77. The maximum Gasteiger partial charge on any atom is 0.0263 e. The quantitative estimate of drug-likeness (QED) is 0.914. The Balaban J connectivity index is 1.47. The molecule has 0 amide bonds. The summed E-state index contributed by atoms with van der Waals surface area (Å²) in [6.07, 6.45) is 0. The molecule has 2 unspecified atom stereocenters. The predicted octanol–water partition coefficient (Wildman–Crippen LogP) is 3.31. The maximum atomic E-state index is 3.69. The molecular weight excluding hydrogens is 278 g/mol. The number of hydrogen-bond donors (Lipinski definition) is 1. The maximum absolute atomic E-state index is 3.69. The Kier molecular flexibility index (Phi) is 4.85. The van der Waals surface area contributed by atoms with Gasteiger partial charge >= 0.3 is 0 Å². The predicted molar refractivity (Wildman–Crippen MR) is 86.3 cm³/mol. The van der Waals surface area contributed by atoms with Crippen molar-refractivity contribution >= 4 is 35.3 Å². The van der Waals surface area contributed by atoms with Crippen LogP contribution in [0.2, 0.25) is 0 Å². The lowest BCUT2D eigenvalue weighted by molar-refractivity contribution is 0.621. The summed E-state index contributed by atoms with van der Waals surface area (Å²) in [6.45, 7) is 2.33. The molecule has 1 saturated heterocycles. The van der Waals surface area contributed by atoms with Gasteiger partial charge < -0.3 is 5.32 Å². The van der Waals surface area contributed by atoms with E-state index in [9.17, 15) is 0 Å². The third-order valence-corrected chi connectivity index (χ3v) is 7.54. The lowest BCUT2D eigenvalue weighted by Gasteiger charge is -2.22. The number of benzene rings is 1. The molecule has 1 aromatic rings. The first-order chi connectivity index (χ1) is 8.93. The lowest BCUT2D eigenvalue weighted by atomic mass is 10.0. The molecular formula is C14H19NS3. The first-order valence-electron chi connectivity index (χ1n) is 6.55. The van der Waals surface area contributed by atoms with E-state index in [-0.39, 0.29) is 0 Å². The zero-order valence-corrected chi connectivity index (χ0v) is 12.9. The van der Waals surface area contributed by atoms with Crippen molar-refractivity contribution in [3.63, 3.8) is 0 Å². The molecule has 1 fully saturated rings. The molecule has 0 aliphatic carbocycles. The molecule has 2 heterocycles. The summed E-state index contributed by atoms with van der Waals surface area (Å²) in [5, 5.41) is 4.52. The molecule has 18 heavy (non-hydrogen) atoms. The van der Waals surface area contributed by atoms with Crippen LogP contribution in [0, 0.1) is 0 Å². The molecule has 98 valence electrons. The first kappa shape index (κ1) is 13.2. The van der Waals surface area contributed by atoms with Crippen LogP contribution in [0.15, 0.2) is 29.2 Å². The van der Waals surface area contributed by atoms with Gasteiger partial charge in [0, 0.05) is 52.2 Å². The van der Waals surface area contributed by atoms with Crippen LogP contribution in [0.5, 0.6) is 0 Å². The Bertz CT molecular complexity index is 390. The van der Waals surface area contributed by atoms with Gasteiger partial charge in [0.05, 0.1) is 0 Å². The van der Waals surface area contributed by atoms with Crippen molar-refractivity contribution in [3.05, 3.63) is 29.8 Å². The lowest BCUT2D eigenvalue weighted by Crippen LogP contribution is -2.31. The van der Waals surface area contributed by atoms with Crippen molar-refractivity contribution in [2.45, 2.75) is 16.1 Å². The van der Waals surface area contributed by atoms with Crippen molar-refractivity contribution in [1.29, 1.82) is 0 Å². The second kappa shape index (κ2) is 6.60. The van der Waals surface area contributed by atoms with E-state index in [0.29, 0.717) is 5.92 Å². The summed E-state index contributed by atoms with van der Waals surface area (Å²) in [5.41, 5.74) is 1.56. The summed E-state index contributed by atoms with van der Waals surface area (Å²) >= 11 is 6.26. The first-order valence-corrected chi connectivity index (χ1v) is 9.74. The van der Waals surface area contributed by atoms with E-state index in [1.165, 1.54) is 34.5 Å². The fraction of sp³-hybridized carbons (Fsp3) is 0.571. The molecule has 0 saturated carbocycles. The van der Waals surface area contributed by atoms with Crippen LogP contribution in [0.3, 0.4) is 0 Å². The summed E-state index contributed by atoms with van der Waals surface area (Å²) in [4.78, 5) is 1.49. The van der Waals surface area contributed by atoms with Crippen LogP contribution in [0.4, 0.5) is 0 Å². The van der Waals surface area contributed by atoms with Gasteiger partial charge in [-0.15, -0.1) is 11.8 Å². The number of hydrogen-bond acceptors (Lipinski definition) is 4. The number of fused-ring (bicyclic) bond motifs is 1. The highest BCUT2D eigenvalue weighted by atomic mass is 32.2. The van der Waals surface area contributed by atoms with Crippen LogP contribution in [-0.2, 0) is 0 Å². The summed E-state index contributed by atoms with van der Waals surface area (Å²) in [6, 6.07) is 8.88. The number of thioether (sulfide) groups is 3. The molecule has 4 heteroatoms. The Hall–Kier alpha value is 0.230. The average molecular weight is 298 g/mol. The third-order valence-electron chi connectivity index (χ3n) is 3.45. The van der Waals surface area contributed by atoms with Gasteiger partial charge in [-0.1, -0.05) is 18.2 Å². The minimum absolute atomic E-state index is 0.715. The zero-order chi connectivity index (χ0) is 12.2. The molecule has 1 N–H and O–H groups in total. The minimum atomic E-state index is 0.715. The topological polar surface area (TPSA) is 12.0 Å². The van der Waals surface area contributed by atoms with Gasteiger partial charge in [0.15, 0.2) is 0 Å². The zero-order valence-electron chi connectivity index (χ0n) is 10.4. The molecule has 1 aromatic carbocycles. The van der Waals surface area contributed by atoms with E-state index < -0.39 is 0 Å². The van der Waals surface area contributed by atoms with Crippen LogP contribution in [0.25, 0.3) is 0 Å². The van der Waals surface area contributed by atoms with Crippen molar-refractivity contribution in [1.82, 2.24) is 5.32 Å². The smallest absolute Gasteiger partial charge is 0.0263 e. The van der Waals surface area contributed by atoms with Gasteiger partial charge in [-0.05, 0) is 11.6 Å². The van der Waals surface area contributed by atoms with E-state index in [0.717, 1.165) is 11.8 Å². The highest BCUT2D eigenvalue weighted by Crippen LogP contribution is 2.38. The second-order valence-corrected chi connectivity index (χ2v) is 8.39. The summed E-state index contributed by atoms with van der Waals surface area (Å²) in [5.74, 6) is 5.96. The van der Waals surface area contributed by atoms with Crippen LogP contribution >= 0.6 is 35.3 Å². The molecule has 2 aliphatic rings. The Morgan fingerprint density at radius 1 is 1.11 bits per heavy atom.